The third kappa shape index (κ3) is 2.48. The highest BCUT2D eigenvalue weighted by atomic mass is 32.2. The summed E-state index contributed by atoms with van der Waals surface area (Å²) >= 11 is 1.45. The minimum atomic E-state index is 0.00159. The monoisotopic (exact) mass is 185 g/mol. The normalized spacial score (nSPS) is 10.2. The predicted molar refractivity (Wildman–Crippen MR) is 48.0 cm³/mol. The summed E-state index contributed by atoms with van der Waals surface area (Å²) in [6.07, 6.45) is 1.68. The van der Waals surface area contributed by atoms with Gasteiger partial charge in [0.1, 0.15) is 5.03 Å². The van der Waals surface area contributed by atoms with Crippen LogP contribution in [0.5, 0.6) is 0 Å². The fourth-order valence-electron chi connectivity index (χ4n) is 0.817. The van der Waals surface area contributed by atoms with Crippen molar-refractivity contribution in [1.82, 2.24) is 4.98 Å². The van der Waals surface area contributed by atoms with E-state index in [9.17, 15) is 0 Å². The molecular formula is C8H11NO2S. The number of thioether (sulfide) groups is 1. The molecule has 0 saturated heterocycles. The number of aliphatic hydroxyl groups excluding tert-OH is 2. The van der Waals surface area contributed by atoms with Gasteiger partial charge in [-0.15, -0.1) is 11.8 Å². The highest BCUT2D eigenvalue weighted by molar-refractivity contribution is 7.99. The van der Waals surface area contributed by atoms with Crippen LogP contribution in [0.2, 0.25) is 0 Å². The number of rotatable bonds is 4. The van der Waals surface area contributed by atoms with Gasteiger partial charge in [0.05, 0.1) is 13.2 Å². The number of aromatic nitrogens is 1. The number of aliphatic hydroxyl groups is 2. The van der Waals surface area contributed by atoms with Gasteiger partial charge in [0.2, 0.25) is 0 Å². The predicted octanol–water partition coefficient (Wildman–Crippen LogP) is 0.658. The Balaban J connectivity index is 2.68. The van der Waals surface area contributed by atoms with Gasteiger partial charge in [-0.1, -0.05) is 6.07 Å². The summed E-state index contributed by atoms with van der Waals surface area (Å²) in [5, 5.41) is 18.3. The third-order valence-corrected chi connectivity index (χ3v) is 2.38. The van der Waals surface area contributed by atoms with Crippen molar-refractivity contribution in [3.63, 3.8) is 0 Å². The van der Waals surface area contributed by atoms with Crippen LogP contribution in [-0.4, -0.2) is 27.6 Å². The van der Waals surface area contributed by atoms with Crippen LogP contribution < -0.4 is 0 Å². The van der Waals surface area contributed by atoms with E-state index in [0.29, 0.717) is 5.75 Å². The standard InChI is InChI=1S/C8H11NO2S/c10-4-5-12-8-7(6-11)2-1-3-9-8/h1-3,10-11H,4-6H2. The number of hydrogen-bond acceptors (Lipinski definition) is 4. The molecular weight excluding hydrogens is 174 g/mol. The maximum absolute atomic E-state index is 8.90. The Morgan fingerprint density at radius 1 is 1.42 bits per heavy atom. The summed E-state index contributed by atoms with van der Waals surface area (Å²) in [5.74, 6) is 0.615. The Bertz CT molecular complexity index is 242. The van der Waals surface area contributed by atoms with Gasteiger partial charge < -0.3 is 10.2 Å². The molecule has 1 aromatic heterocycles. The molecule has 0 aliphatic carbocycles. The van der Waals surface area contributed by atoms with Crippen LogP contribution in [0.3, 0.4) is 0 Å². The minimum Gasteiger partial charge on any atom is -0.396 e. The van der Waals surface area contributed by atoms with Crippen molar-refractivity contribution in [2.75, 3.05) is 12.4 Å². The van der Waals surface area contributed by atoms with Crippen LogP contribution in [0.25, 0.3) is 0 Å². The van der Waals surface area contributed by atoms with Gasteiger partial charge in [-0.05, 0) is 6.07 Å². The SMILES string of the molecule is OCCSc1ncccc1CO. The van der Waals surface area contributed by atoms with Crippen LogP contribution in [0.1, 0.15) is 5.56 Å². The van der Waals surface area contributed by atoms with E-state index in [1.807, 2.05) is 6.07 Å². The topological polar surface area (TPSA) is 53.4 Å². The second kappa shape index (κ2) is 5.13. The average Bonchev–Trinajstić information content (AvgIpc) is 2.15. The van der Waals surface area contributed by atoms with E-state index >= 15 is 0 Å². The Morgan fingerprint density at radius 3 is 2.92 bits per heavy atom. The van der Waals surface area contributed by atoms with E-state index in [1.54, 1.807) is 12.3 Å². The van der Waals surface area contributed by atoms with Gasteiger partial charge in [0, 0.05) is 17.5 Å². The fraction of sp³-hybridized carbons (Fsp3) is 0.375. The summed E-state index contributed by atoms with van der Waals surface area (Å²) in [5.41, 5.74) is 0.816. The molecule has 0 spiro atoms. The highest BCUT2D eigenvalue weighted by Gasteiger charge is 2.00. The quantitative estimate of drug-likeness (QED) is 0.676. The first-order valence-corrected chi connectivity index (χ1v) is 4.65. The molecule has 1 aromatic rings. The molecule has 0 saturated carbocycles. The summed E-state index contributed by atoms with van der Waals surface area (Å²) in [7, 11) is 0. The maximum atomic E-state index is 8.90. The van der Waals surface area contributed by atoms with Gasteiger partial charge in [0.15, 0.2) is 0 Å². The summed E-state index contributed by atoms with van der Waals surface area (Å²) < 4.78 is 0. The largest absolute Gasteiger partial charge is 0.396 e. The number of pyridine rings is 1. The molecule has 0 aliphatic heterocycles. The van der Waals surface area contributed by atoms with Crippen molar-refractivity contribution in [2.24, 2.45) is 0 Å². The van der Waals surface area contributed by atoms with Crippen LogP contribution in [0.4, 0.5) is 0 Å². The molecule has 0 bridgehead atoms. The molecule has 2 N–H and O–H groups in total. The van der Waals surface area contributed by atoms with Crippen molar-refractivity contribution in [3.8, 4) is 0 Å². The van der Waals surface area contributed by atoms with Crippen LogP contribution in [0.15, 0.2) is 23.4 Å². The molecule has 0 radical (unpaired) electrons. The maximum Gasteiger partial charge on any atom is 0.102 e. The van der Waals surface area contributed by atoms with Crippen molar-refractivity contribution in [3.05, 3.63) is 23.9 Å². The lowest BCUT2D eigenvalue weighted by Gasteiger charge is -2.03. The van der Waals surface area contributed by atoms with Gasteiger partial charge in [-0.25, -0.2) is 4.98 Å². The Hall–Kier alpha value is -0.580. The lowest BCUT2D eigenvalue weighted by molar-refractivity contribution is 0.278. The van der Waals surface area contributed by atoms with Gasteiger partial charge in [-0.3, -0.25) is 0 Å². The lowest BCUT2D eigenvalue weighted by Crippen LogP contribution is -1.93. The first-order valence-electron chi connectivity index (χ1n) is 3.67. The summed E-state index contributed by atoms with van der Waals surface area (Å²) in [4.78, 5) is 4.08. The van der Waals surface area contributed by atoms with E-state index in [1.165, 1.54) is 11.8 Å². The summed E-state index contributed by atoms with van der Waals surface area (Å²) in [6, 6.07) is 3.61. The van der Waals surface area contributed by atoms with Crippen molar-refractivity contribution in [2.45, 2.75) is 11.6 Å². The third-order valence-electron chi connectivity index (χ3n) is 1.35. The number of nitrogens with zero attached hydrogens (tertiary/aromatic N) is 1. The Morgan fingerprint density at radius 2 is 2.25 bits per heavy atom. The minimum absolute atomic E-state index is 0.00159. The molecule has 4 heteroatoms. The van der Waals surface area contributed by atoms with Crippen LogP contribution >= 0.6 is 11.8 Å². The summed E-state index contributed by atoms with van der Waals surface area (Å²) in [6.45, 7) is 0.133. The fourth-order valence-corrected chi connectivity index (χ4v) is 1.55. The molecule has 0 aromatic carbocycles. The van der Waals surface area contributed by atoms with Crippen LogP contribution in [-0.2, 0) is 6.61 Å². The first kappa shape index (κ1) is 9.51. The van der Waals surface area contributed by atoms with Gasteiger partial charge in [0.25, 0.3) is 0 Å². The average molecular weight is 185 g/mol. The molecule has 0 amide bonds. The van der Waals surface area contributed by atoms with E-state index in [4.69, 9.17) is 10.2 Å². The molecule has 0 aliphatic rings. The molecule has 3 nitrogen and oxygen atoms in total. The molecule has 1 rings (SSSR count). The molecule has 0 unspecified atom stereocenters. The second-order valence-corrected chi connectivity index (χ2v) is 3.28. The van der Waals surface area contributed by atoms with Gasteiger partial charge >= 0.3 is 0 Å². The van der Waals surface area contributed by atoms with E-state index < -0.39 is 0 Å². The lowest BCUT2D eigenvalue weighted by atomic mass is 10.3. The molecule has 0 fully saturated rings. The van der Waals surface area contributed by atoms with E-state index in [0.717, 1.165) is 10.6 Å². The van der Waals surface area contributed by atoms with E-state index in [-0.39, 0.29) is 13.2 Å². The number of hydrogen-bond donors (Lipinski definition) is 2. The van der Waals surface area contributed by atoms with Crippen molar-refractivity contribution >= 4 is 11.8 Å². The van der Waals surface area contributed by atoms with Crippen LogP contribution in [0, 0.1) is 0 Å². The first-order chi connectivity index (χ1) is 5.88. The van der Waals surface area contributed by atoms with Crippen molar-refractivity contribution < 1.29 is 10.2 Å². The van der Waals surface area contributed by atoms with E-state index in [2.05, 4.69) is 4.98 Å². The second-order valence-electron chi connectivity index (χ2n) is 2.20. The van der Waals surface area contributed by atoms with Crippen molar-refractivity contribution in [1.29, 1.82) is 0 Å². The zero-order valence-corrected chi connectivity index (χ0v) is 7.42. The molecule has 0 atom stereocenters. The Kier molecular flexibility index (Phi) is 4.07. The zero-order valence-electron chi connectivity index (χ0n) is 6.60. The Labute approximate surface area is 75.5 Å². The smallest absolute Gasteiger partial charge is 0.102 e. The zero-order chi connectivity index (χ0) is 8.81. The molecule has 1 heterocycles. The highest BCUT2D eigenvalue weighted by Crippen LogP contribution is 2.18. The van der Waals surface area contributed by atoms with Gasteiger partial charge in [-0.2, -0.15) is 0 Å². The molecule has 12 heavy (non-hydrogen) atoms. The molecule has 66 valence electrons.